The lowest BCUT2D eigenvalue weighted by Crippen LogP contribution is -1.97. The molecular weight excluding hydrogens is 218 g/mol. The first kappa shape index (κ1) is 9.66. The van der Waals surface area contributed by atoms with E-state index in [1.165, 1.54) is 5.56 Å². The molecule has 0 aliphatic rings. The predicted molar refractivity (Wildman–Crippen MR) is 66.9 cm³/mol. The van der Waals surface area contributed by atoms with Gasteiger partial charge in [0.05, 0.1) is 5.69 Å². The molecule has 0 aliphatic carbocycles. The molecule has 3 aromatic heterocycles. The van der Waals surface area contributed by atoms with E-state index in [9.17, 15) is 0 Å². The number of hydrogen-bond acceptors (Lipinski definition) is 2. The van der Waals surface area contributed by atoms with Gasteiger partial charge in [-0.2, -0.15) is 16.4 Å². The van der Waals surface area contributed by atoms with Gasteiger partial charge in [-0.15, -0.1) is 0 Å². The number of fused-ring (bicyclic) bond motifs is 1. The second kappa shape index (κ2) is 3.49. The molecular formula is C12H13N3S. The Labute approximate surface area is 97.9 Å². The topological polar surface area (TPSA) is 22.2 Å². The lowest BCUT2D eigenvalue weighted by Gasteiger charge is -2.05. The zero-order chi connectivity index (χ0) is 11.1. The minimum atomic E-state index is 0.463. The van der Waals surface area contributed by atoms with Crippen LogP contribution in [-0.4, -0.2) is 14.2 Å². The number of thiophene rings is 1. The summed E-state index contributed by atoms with van der Waals surface area (Å²) in [6.07, 6.45) is 4.08. The van der Waals surface area contributed by atoms with Crippen LogP contribution < -0.4 is 0 Å². The van der Waals surface area contributed by atoms with Crippen molar-refractivity contribution < 1.29 is 0 Å². The zero-order valence-electron chi connectivity index (χ0n) is 9.29. The molecule has 0 bridgehead atoms. The normalized spacial score (nSPS) is 11.7. The Morgan fingerprint density at radius 1 is 1.31 bits per heavy atom. The molecule has 4 heteroatoms. The first-order valence-corrected chi connectivity index (χ1v) is 6.29. The van der Waals surface area contributed by atoms with Gasteiger partial charge < -0.3 is 4.57 Å². The van der Waals surface area contributed by atoms with Gasteiger partial charge in [0.15, 0.2) is 0 Å². The molecule has 3 aromatic rings. The number of nitrogens with zero attached hydrogens (tertiary/aromatic N) is 3. The second-order valence-corrected chi connectivity index (χ2v) is 4.92. The summed E-state index contributed by atoms with van der Waals surface area (Å²) in [7, 11) is 0. The molecule has 16 heavy (non-hydrogen) atoms. The van der Waals surface area contributed by atoms with Crippen molar-refractivity contribution in [2.75, 3.05) is 0 Å². The number of rotatable bonds is 2. The summed E-state index contributed by atoms with van der Waals surface area (Å²) in [5.74, 6) is 0. The third-order valence-electron chi connectivity index (χ3n) is 2.72. The van der Waals surface area contributed by atoms with Crippen LogP contribution in [-0.2, 0) is 0 Å². The van der Waals surface area contributed by atoms with Crippen LogP contribution in [0.2, 0.25) is 0 Å². The van der Waals surface area contributed by atoms with Crippen molar-refractivity contribution in [1.29, 1.82) is 0 Å². The van der Waals surface area contributed by atoms with E-state index in [1.54, 1.807) is 11.3 Å². The lowest BCUT2D eigenvalue weighted by atomic mass is 10.2. The molecule has 0 unspecified atom stereocenters. The van der Waals surface area contributed by atoms with Gasteiger partial charge in [-0.05, 0) is 25.3 Å². The highest BCUT2D eigenvalue weighted by atomic mass is 32.1. The highest BCUT2D eigenvalue weighted by Gasteiger charge is 2.09. The molecule has 82 valence electrons. The van der Waals surface area contributed by atoms with E-state index in [0.29, 0.717) is 6.04 Å². The van der Waals surface area contributed by atoms with Crippen LogP contribution in [0.25, 0.3) is 16.9 Å². The fourth-order valence-electron chi connectivity index (χ4n) is 1.89. The van der Waals surface area contributed by atoms with Gasteiger partial charge in [0, 0.05) is 35.4 Å². The van der Waals surface area contributed by atoms with Gasteiger partial charge in [-0.3, -0.25) is 0 Å². The van der Waals surface area contributed by atoms with Gasteiger partial charge in [0.1, 0.15) is 5.65 Å². The Balaban J connectivity index is 2.17. The Bertz CT molecular complexity index is 601. The summed E-state index contributed by atoms with van der Waals surface area (Å²) in [6, 6.07) is 4.71. The molecule has 0 fully saturated rings. The number of imidazole rings is 1. The Morgan fingerprint density at radius 2 is 2.19 bits per heavy atom. The SMILES string of the molecule is CC(C)n1ccn2nc(-c3ccsc3)cc12. The van der Waals surface area contributed by atoms with Crippen LogP contribution in [0, 0.1) is 0 Å². The molecule has 0 aromatic carbocycles. The monoisotopic (exact) mass is 231 g/mol. The van der Waals surface area contributed by atoms with E-state index >= 15 is 0 Å². The first-order chi connectivity index (χ1) is 7.75. The maximum atomic E-state index is 4.56. The van der Waals surface area contributed by atoms with Crippen molar-refractivity contribution in [3.05, 3.63) is 35.3 Å². The van der Waals surface area contributed by atoms with Crippen LogP contribution in [0.1, 0.15) is 19.9 Å². The van der Waals surface area contributed by atoms with Crippen LogP contribution in [0.5, 0.6) is 0 Å². The van der Waals surface area contributed by atoms with Gasteiger partial charge >= 0.3 is 0 Å². The number of hydrogen-bond donors (Lipinski definition) is 0. The molecule has 0 saturated carbocycles. The standard InChI is InChI=1S/C12H13N3S/c1-9(2)14-4-5-15-12(14)7-11(13-15)10-3-6-16-8-10/h3-9H,1-2H3. The van der Waals surface area contributed by atoms with Crippen molar-refractivity contribution >= 4 is 17.0 Å². The maximum Gasteiger partial charge on any atom is 0.136 e. The van der Waals surface area contributed by atoms with Gasteiger partial charge in [-0.25, -0.2) is 4.52 Å². The summed E-state index contributed by atoms with van der Waals surface area (Å²) in [5.41, 5.74) is 3.39. The quantitative estimate of drug-likeness (QED) is 0.662. The Morgan fingerprint density at radius 3 is 2.88 bits per heavy atom. The molecule has 0 saturated heterocycles. The van der Waals surface area contributed by atoms with Crippen molar-refractivity contribution in [2.24, 2.45) is 0 Å². The lowest BCUT2D eigenvalue weighted by molar-refractivity contribution is 0.619. The highest BCUT2D eigenvalue weighted by Crippen LogP contribution is 2.23. The average Bonchev–Trinajstić information content (AvgIpc) is 2.92. The Hall–Kier alpha value is -1.55. The van der Waals surface area contributed by atoms with E-state index in [2.05, 4.69) is 52.6 Å². The molecule has 0 radical (unpaired) electrons. The van der Waals surface area contributed by atoms with Gasteiger partial charge in [-0.1, -0.05) is 0 Å². The summed E-state index contributed by atoms with van der Waals surface area (Å²) < 4.78 is 4.16. The van der Waals surface area contributed by atoms with Crippen LogP contribution >= 0.6 is 11.3 Å². The van der Waals surface area contributed by atoms with E-state index < -0.39 is 0 Å². The summed E-state index contributed by atoms with van der Waals surface area (Å²) >= 11 is 1.70. The molecule has 3 heterocycles. The smallest absolute Gasteiger partial charge is 0.136 e. The summed E-state index contributed by atoms with van der Waals surface area (Å²) in [4.78, 5) is 0. The summed E-state index contributed by atoms with van der Waals surface area (Å²) in [5, 5.41) is 8.77. The third-order valence-corrected chi connectivity index (χ3v) is 3.41. The van der Waals surface area contributed by atoms with Crippen LogP contribution in [0.4, 0.5) is 0 Å². The van der Waals surface area contributed by atoms with Crippen molar-refractivity contribution in [2.45, 2.75) is 19.9 Å². The van der Waals surface area contributed by atoms with E-state index in [-0.39, 0.29) is 0 Å². The molecule has 3 nitrogen and oxygen atoms in total. The van der Waals surface area contributed by atoms with Crippen molar-refractivity contribution in [3.63, 3.8) is 0 Å². The molecule has 0 spiro atoms. The van der Waals surface area contributed by atoms with Crippen LogP contribution in [0.15, 0.2) is 35.3 Å². The molecule has 3 rings (SSSR count). The highest BCUT2D eigenvalue weighted by molar-refractivity contribution is 7.08. The van der Waals surface area contributed by atoms with Crippen molar-refractivity contribution in [1.82, 2.24) is 14.2 Å². The molecule has 0 aliphatic heterocycles. The predicted octanol–water partition coefficient (Wildman–Crippen LogP) is 3.45. The minimum Gasteiger partial charge on any atom is -0.329 e. The third kappa shape index (κ3) is 1.38. The van der Waals surface area contributed by atoms with Crippen LogP contribution in [0.3, 0.4) is 0 Å². The van der Waals surface area contributed by atoms with Gasteiger partial charge in [0.25, 0.3) is 0 Å². The largest absolute Gasteiger partial charge is 0.329 e. The minimum absolute atomic E-state index is 0.463. The van der Waals surface area contributed by atoms with E-state index in [4.69, 9.17) is 0 Å². The first-order valence-electron chi connectivity index (χ1n) is 5.34. The zero-order valence-corrected chi connectivity index (χ0v) is 10.1. The van der Waals surface area contributed by atoms with E-state index in [1.807, 2.05) is 10.7 Å². The molecule has 0 amide bonds. The fourth-order valence-corrected chi connectivity index (χ4v) is 2.54. The molecule has 0 N–H and O–H groups in total. The number of aromatic nitrogens is 3. The molecule has 0 atom stereocenters. The van der Waals surface area contributed by atoms with E-state index in [0.717, 1.165) is 11.3 Å². The summed E-state index contributed by atoms with van der Waals surface area (Å²) in [6.45, 7) is 4.36. The van der Waals surface area contributed by atoms with Crippen molar-refractivity contribution in [3.8, 4) is 11.3 Å². The average molecular weight is 231 g/mol. The van der Waals surface area contributed by atoms with Gasteiger partial charge in [0.2, 0.25) is 0 Å². The Kier molecular flexibility index (Phi) is 2.11. The second-order valence-electron chi connectivity index (χ2n) is 4.14. The maximum absolute atomic E-state index is 4.56. The fraction of sp³-hybridized carbons (Fsp3) is 0.250.